The molecule has 38 heavy (non-hydrogen) atoms. The largest absolute Gasteiger partial charge is 0.353 e. The first kappa shape index (κ1) is 28.6. The van der Waals surface area contributed by atoms with Gasteiger partial charge >= 0.3 is 0 Å². The Labute approximate surface area is 217 Å². The zero-order chi connectivity index (χ0) is 28.4. The summed E-state index contributed by atoms with van der Waals surface area (Å²) < 4.78 is 67.2. The van der Waals surface area contributed by atoms with E-state index < -0.39 is 50.6 Å². The van der Waals surface area contributed by atoms with E-state index in [1.807, 2.05) is 0 Å². The molecule has 0 saturated heterocycles. The van der Waals surface area contributed by atoms with Gasteiger partial charge in [-0.3, -0.25) is 14.3 Å². The maximum Gasteiger partial charge on any atom is 0.273 e. The molecule has 9 nitrogen and oxygen atoms in total. The summed E-state index contributed by atoms with van der Waals surface area (Å²) in [6.07, 6.45) is 1.02. The molecule has 0 aliphatic rings. The molecule has 1 aromatic heterocycles. The first-order chi connectivity index (χ1) is 17.6. The van der Waals surface area contributed by atoms with Crippen LogP contribution in [0.1, 0.15) is 42.4 Å². The normalized spacial score (nSPS) is 12.7. The Hall–Kier alpha value is -3.92. The van der Waals surface area contributed by atoms with Crippen molar-refractivity contribution in [2.24, 2.45) is 5.41 Å². The highest BCUT2D eigenvalue weighted by Crippen LogP contribution is 2.26. The lowest BCUT2D eigenvalue weighted by Crippen LogP contribution is -2.54. The standard InChI is InChI=1S/C25H26F3N5O4S/c1-25(2,3)22(24(35)30-9-10-38(4,36)37)31-23(34)20-16-7-8-17(26)19(28)21(16)33(32-20)13-15-6-5-14(12-29)11-18(15)27/h5-8,11,22H,9-10,13H2,1-4H3,(H,30,35)(H,31,34)/t22-/m1/s1. The van der Waals surface area contributed by atoms with Crippen LogP contribution in [-0.4, -0.2) is 54.6 Å². The first-order valence-corrected chi connectivity index (χ1v) is 13.5. The summed E-state index contributed by atoms with van der Waals surface area (Å²) >= 11 is 0. The predicted molar refractivity (Wildman–Crippen MR) is 133 cm³/mol. The second kappa shape index (κ2) is 10.8. The van der Waals surface area contributed by atoms with Crippen LogP contribution < -0.4 is 10.6 Å². The number of hydrogen-bond donors (Lipinski definition) is 2. The van der Waals surface area contributed by atoms with E-state index in [1.165, 1.54) is 12.1 Å². The van der Waals surface area contributed by atoms with Crippen molar-refractivity contribution in [2.75, 3.05) is 18.6 Å². The van der Waals surface area contributed by atoms with Crippen molar-refractivity contribution in [3.05, 3.63) is 64.6 Å². The number of nitriles is 1. The summed E-state index contributed by atoms with van der Waals surface area (Å²) in [7, 11) is -3.33. The Kier molecular flexibility index (Phi) is 8.16. The zero-order valence-electron chi connectivity index (χ0n) is 21.1. The first-order valence-electron chi connectivity index (χ1n) is 11.4. The molecule has 2 aromatic carbocycles. The lowest BCUT2D eigenvalue weighted by molar-refractivity contribution is -0.125. The highest BCUT2D eigenvalue weighted by Gasteiger charge is 2.34. The maximum atomic E-state index is 14.9. The number of amides is 2. The smallest absolute Gasteiger partial charge is 0.273 e. The average Bonchev–Trinajstić information content (AvgIpc) is 3.18. The minimum absolute atomic E-state index is 0.0156. The van der Waals surface area contributed by atoms with Crippen LogP contribution in [0.25, 0.3) is 10.9 Å². The third-order valence-electron chi connectivity index (χ3n) is 5.70. The highest BCUT2D eigenvalue weighted by atomic mass is 32.2. The molecule has 0 aliphatic heterocycles. The summed E-state index contributed by atoms with van der Waals surface area (Å²) in [6.45, 7) is 4.48. The molecule has 1 atom stereocenters. The van der Waals surface area contributed by atoms with Crippen LogP contribution in [0, 0.1) is 34.2 Å². The molecule has 3 rings (SSSR count). The number of sulfone groups is 1. The molecule has 0 saturated carbocycles. The number of rotatable bonds is 8. The number of benzene rings is 2. The molecule has 2 amide bonds. The average molecular weight is 550 g/mol. The summed E-state index contributed by atoms with van der Waals surface area (Å²) in [5.41, 5.74) is -1.46. The van der Waals surface area contributed by atoms with Crippen molar-refractivity contribution >= 4 is 32.6 Å². The van der Waals surface area contributed by atoms with E-state index in [4.69, 9.17) is 5.26 Å². The fourth-order valence-electron chi connectivity index (χ4n) is 3.73. The van der Waals surface area contributed by atoms with Gasteiger partial charge in [0.25, 0.3) is 5.91 Å². The van der Waals surface area contributed by atoms with Crippen molar-refractivity contribution in [1.82, 2.24) is 20.4 Å². The van der Waals surface area contributed by atoms with Gasteiger partial charge in [0.2, 0.25) is 5.91 Å². The number of hydrogen-bond acceptors (Lipinski definition) is 6. The third-order valence-corrected chi connectivity index (χ3v) is 6.64. The number of fused-ring (bicyclic) bond motifs is 1. The molecular formula is C25H26F3N5O4S. The highest BCUT2D eigenvalue weighted by molar-refractivity contribution is 7.90. The number of aromatic nitrogens is 2. The van der Waals surface area contributed by atoms with Gasteiger partial charge in [-0.25, -0.2) is 21.6 Å². The Bertz CT molecular complexity index is 1560. The van der Waals surface area contributed by atoms with E-state index in [9.17, 15) is 31.2 Å². The number of halogens is 3. The second-order valence-corrected chi connectivity index (χ2v) is 12.1. The van der Waals surface area contributed by atoms with Gasteiger partial charge in [0, 0.05) is 23.8 Å². The van der Waals surface area contributed by atoms with Crippen molar-refractivity contribution in [2.45, 2.75) is 33.4 Å². The summed E-state index contributed by atoms with van der Waals surface area (Å²) in [4.78, 5) is 26.1. The minimum Gasteiger partial charge on any atom is -0.353 e. The number of nitrogens with one attached hydrogen (secondary N) is 2. The van der Waals surface area contributed by atoms with Crippen LogP contribution in [-0.2, 0) is 21.2 Å². The van der Waals surface area contributed by atoms with Crippen molar-refractivity contribution in [3.63, 3.8) is 0 Å². The Morgan fingerprint density at radius 3 is 2.39 bits per heavy atom. The van der Waals surface area contributed by atoms with E-state index in [2.05, 4.69) is 15.7 Å². The van der Waals surface area contributed by atoms with Crippen LogP contribution in [0.2, 0.25) is 0 Å². The second-order valence-electron chi connectivity index (χ2n) is 9.88. The molecule has 2 N–H and O–H groups in total. The van der Waals surface area contributed by atoms with Gasteiger partial charge in [-0.05, 0) is 29.7 Å². The van der Waals surface area contributed by atoms with Gasteiger partial charge in [0.05, 0.1) is 23.9 Å². The third kappa shape index (κ3) is 6.49. The number of nitrogens with zero attached hydrogens (tertiary/aromatic N) is 3. The molecule has 202 valence electrons. The zero-order valence-corrected chi connectivity index (χ0v) is 21.9. The summed E-state index contributed by atoms with van der Waals surface area (Å²) in [5.74, 6) is -5.09. The van der Waals surface area contributed by atoms with E-state index in [0.717, 1.165) is 29.1 Å². The minimum atomic E-state index is -3.33. The molecule has 1 heterocycles. The fraction of sp³-hybridized carbons (Fsp3) is 0.360. The van der Waals surface area contributed by atoms with Crippen molar-refractivity contribution in [1.29, 1.82) is 5.26 Å². The number of carbonyl (C=O) groups is 2. The van der Waals surface area contributed by atoms with Crippen LogP contribution in [0.5, 0.6) is 0 Å². The van der Waals surface area contributed by atoms with Crippen LogP contribution in [0.15, 0.2) is 30.3 Å². The van der Waals surface area contributed by atoms with Gasteiger partial charge in [-0.2, -0.15) is 10.4 Å². The molecule has 0 spiro atoms. The van der Waals surface area contributed by atoms with Gasteiger partial charge in [0.15, 0.2) is 17.3 Å². The van der Waals surface area contributed by atoms with E-state index in [-0.39, 0.29) is 46.6 Å². The van der Waals surface area contributed by atoms with Crippen molar-refractivity contribution < 1.29 is 31.2 Å². The Morgan fingerprint density at radius 2 is 1.82 bits per heavy atom. The van der Waals surface area contributed by atoms with Gasteiger partial charge in [-0.1, -0.05) is 26.8 Å². The van der Waals surface area contributed by atoms with Crippen LogP contribution in [0.3, 0.4) is 0 Å². The molecule has 0 radical (unpaired) electrons. The molecule has 0 unspecified atom stereocenters. The van der Waals surface area contributed by atoms with Crippen molar-refractivity contribution in [3.8, 4) is 6.07 Å². The molecule has 3 aromatic rings. The maximum absolute atomic E-state index is 14.9. The fourth-order valence-corrected chi connectivity index (χ4v) is 4.21. The number of carbonyl (C=O) groups excluding carboxylic acids is 2. The topological polar surface area (TPSA) is 134 Å². The summed E-state index contributed by atoms with van der Waals surface area (Å²) in [5, 5.41) is 18.0. The van der Waals surface area contributed by atoms with E-state index in [0.29, 0.717) is 0 Å². The molecule has 13 heteroatoms. The van der Waals surface area contributed by atoms with Crippen LogP contribution >= 0.6 is 0 Å². The van der Waals surface area contributed by atoms with Crippen LogP contribution in [0.4, 0.5) is 13.2 Å². The molecule has 0 aliphatic carbocycles. The van der Waals surface area contributed by atoms with Gasteiger partial charge in [-0.15, -0.1) is 0 Å². The van der Waals surface area contributed by atoms with Gasteiger partial charge < -0.3 is 10.6 Å². The van der Waals surface area contributed by atoms with E-state index in [1.54, 1.807) is 26.8 Å². The Balaban J connectivity index is 1.98. The Morgan fingerprint density at radius 1 is 1.13 bits per heavy atom. The SMILES string of the molecule is CC(C)(C)[C@H](NC(=O)c1nn(Cc2ccc(C#N)cc2F)c2c(F)c(F)ccc12)C(=O)NCCS(C)(=O)=O. The quantitative estimate of drug-likeness (QED) is 0.444. The lowest BCUT2D eigenvalue weighted by Gasteiger charge is -2.30. The lowest BCUT2D eigenvalue weighted by atomic mass is 9.86. The van der Waals surface area contributed by atoms with E-state index >= 15 is 0 Å². The monoisotopic (exact) mass is 549 g/mol. The molecule has 0 fully saturated rings. The molecular weight excluding hydrogens is 523 g/mol. The summed E-state index contributed by atoms with van der Waals surface area (Å²) in [6, 6.07) is 6.27. The predicted octanol–water partition coefficient (Wildman–Crippen LogP) is 2.68. The van der Waals surface area contributed by atoms with Gasteiger partial charge in [0.1, 0.15) is 27.2 Å². The molecule has 0 bridgehead atoms.